The Morgan fingerprint density at radius 1 is 1.21 bits per heavy atom. The first kappa shape index (κ1) is 13.5. The molecule has 0 aromatic heterocycles. The Labute approximate surface area is 113 Å². The van der Waals surface area contributed by atoms with E-state index in [1.807, 2.05) is 0 Å². The summed E-state index contributed by atoms with van der Waals surface area (Å²) in [6, 6.07) is 0. The topological polar surface area (TPSA) is 77.8 Å². The highest BCUT2D eigenvalue weighted by Crippen LogP contribution is 2.71. The molecular formula is C15H24O4. The summed E-state index contributed by atoms with van der Waals surface area (Å²) in [6.45, 7) is 7.69. The van der Waals surface area contributed by atoms with Gasteiger partial charge in [-0.25, -0.2) is 0 Å². The van der Waals surface area contributed by atoms with E-state index in [4.69, 9.17) is 0 Å². The first-order valence-corrected chi connectivity index (χ1v) is 7.20. The summed E-state index contributed by atoms with van der Waals surface area (Å²) in [4.78, 5) is 12.5. The van der Waals surface area contributed by atoms with Crippen molar-refractivity contribution in [3.05, 3.63) is 0 Å². The van der Waals surface area contributed by atoms with Gasteiger partial charge in [0.1, 0.15) is 11.4 Å². The number of hydrogen-bond acceptors (Lipinski definition) is 4. The minimum atomic E-state index is -1.50. The Bertz CT molecular complexity index is 445. The number of carbonyl (C=O) groups is 1. The van der Waals surface area contributed by atoms with Crippen LogP contribution in [-0.2, 0) is 4.79 Å². The molecule has 0 heterocycles. The number of aliphatic hydroxyl groups is 3. The summed E-state index contributed by atoms with van der Waals surface area (Å²) in [5.41, 5.74) is -2.46. The van der Waals surface area contributed by atoms with Gasteiger partial charge in [0, 0.05) is 12.3 Å². The average Bonchev–Trinajstić information content (AvgIpc) is 2.45. The van der Waals surface area contributed by atoms with Crippen molar-refractivity contribution in [1.82, 2.24) is 0 Å². The second-order valence-electron chi connectivity index (χ2n) is 7.78. The molecule has 0 saturated heterocycles. The smallest absolute Gasteiger partial charge is 0.144 e. The third-order valence-corrected chi connectivity index (χ3v) is 6.69. The molecule has 0 spiro atoms. The lowest BCUT2D eigenvalue weighted by molar-refractivity contribution is -0.203. The Morgan fingerprint density at radius 3 is 2.32 bits per heavy atom. The molecule has 3 rings (SSSR count). The fraction of sp³-hybridized carbons (Fsp3) is 0.933. The molecule has 19 heavy (non-hydrogen) atoms. The largest absolute Gasteiger partial charge is 0.392 e. The molecule has 3 fully saturated rings. The molecule has 7 atom stereocenters. The highest BCUT2D eigenvalue weighted by Gasteiger charge is 2.78. The first-order valence-electron chi connectivity index (χ1n) is 7.20. The van der Waals surface area contributed by atoms with Crippen molar-refractivity contribution >= 4 is 5.78 Å². The van der Waals surface area contributed by atoms with Crippen molar-refractivity contribution in [3.63, 3.8) is 0 Å². The minimum Gasteiger partial charge on any atom is -0.392 e. The minimum absolute atomic E-state index is 0.0324. The number of ketones is 1. The number of aliphatic hydroxyl groups excluding tert-OH is 2. The molecule has 4 nitrogen and oxygen atoms in total. The predicted octanol–water partition coefficient (Wildman–Crippen LogP) is 0.730. The van der Waals surface area contributed by atoms with E-state index >= 15 is 0 Å². The van der Waals surface area contributed by atoms with Gasteiger partial charge >= 0.3 is 0 Å². The lowest BCUT2D eigenvalue weighted by Gasteiger charge is -2.54. The predicted molar refractivity (Wildman–Crippen MR) is 69.2 cm³/mol. The van der Waals surface area contributed by atoms with Crippen LogP contribution < -0.4 is 0 Å². The van der Waals surface area contributed by atoms with Crippen molar-refractivity contribution in [1.29, 1.82) is 0 Å². The quantitative estimate of drug-likeness (QED) is 0.605. The molecule has 0 aliphatic heterocycles. The zero-order valence-electron chi connectivity index (χ0n) is 12.1. The number of rotatable bonds is 0. The Morgan fingerprint density at radius 2 is 1.79 bits per heavy atom. The number of hydrogen-bond donors (Lipinski definition) is 3. The van der Waals surface area contributed by atoms with E-state index in [1.165, 1.54) is 0 Å². The maximum atomic E-state index is 12.5. The molecule has 3 aliphatic rings. The average molecular weight is 268 g/mol. The van der Waals surface area contributed by atoms with Crippen molar-refractivity contribution in [2.45, 2.75) is 58.3 Å². The van der Waals surface area contributed by atoms with Crippen LogP contribution in [-0.4, -0.2) is 38.9 Å². The summed E-state index contributed by atoms with van der Waals surface area (Å²) in [5.74, 6) is -0.599. The molecular weight excluding hydrogens is 244 g/mol. The van der Waals surface area contributed by atoms with E-state index in [-0.39, 0.29) is 29.5 Å². The molecule has 3 aliphatic carbocycles. The van der Waals surface area contributed by atoms with Crippen molar-refractivity contribution < 1.29 is 20.1 Å². The van der Waals surface area contributed by atoms with Crippen LogP contribution in [0.5, 0.6) is 0 Å². The maximum absolute atomic E-state index is 12.5. The van der Waals surface area contributed by atoms with E-state index in [9.17, 15) is 20.1 Å². The van der Waals surface area contributed by atoms with E-state index in [0.717, 1.165) is 6.42 Å². The molecule has 0 radical (unpaired) electrons. The van der Waals surface area contributed by atoms with Crippen LogP contribution in [0.3, 0.4) is 0 Å². The van der Waals surface area contributed by atoms with Crippen LogP contribution in [0.15, 0.2) is 0 Å². The van der Waals surface area contributed by atoms with E-state index in [2.05, 4.69) is 13.8 Å². The SMILES string of the molecule is C[C@@H]1[C@H](O)CC(=O)[C@]2(C)[C@H]3CC(C)(C)[C@H]3[C@H](O)[C@]12O. The zero-order chi connectivity index (χ0) is 14.4. The third-order valence-electron chi connectivity index (χ3n) is 6.69. The molecule has 0 aromatic carbocycles. The standard InChI is InChI=1S/C15H24O4/c1-7-9(16)5-10(17)14(4)8-6-13(2,3)11(8)12(18)15(7,14)19/h7-9,11-12,16,18-19H,5-6H2,1-4H3/t7-,8+,9-,11-,12+,14+,15-/m1/s1. The number of carbonyl (C=O) groups excluding carboxylic acids is 1. The second kappa shape index (κ2) is 3.41. The van der Waals surface area contributed by atoms with Crippen LogP contribution in [0.25, 0.3) is 0 Å². The van der Waals surface area contributed by atoms with E-state index in [1.54, 1.807) is 13.8 Å². The number of fused-ring (bicyclic) bond motifs is 3. The normalized spacial score (nSPS) is 59.3. The fourth-order valence-corrected chi connectivity index (χ4v) is 5.35. The van der Waals surface area contributed by atoms with Crippen LogP contribution in [0.2, 0.25) is 0 Å². The van der Waals surface area contributed by atoms with Gasteiger partial charge in [0.2, 0.25) is 0 Å². The van der Waals surface area contributed by atoms with Crippen LogP contribution >= 0.6 is 0 Å². The summed E-state index contributed by atoms with van der Waals surface area (Å²) in [5, 5.41) is 31.8. The van der Waals surface area contributed by atoms with Gasteiger partial charge in [-0.1, -0.05) is 20.8 Å². The zero-order valence-corrected chi connectivity index (χ0v) is 12.1. The molecule has 108 valence electrons. The number of Topliss-reactive ketones (excluding diaryl/α,β-unsaturated/α-hetero) is 1. The van der Waals surface area contributed by atoms with Crippen molar-refractivity contribution in [2.24, 2.45) is 28.6 Å². The van der Waals surface area contributed by atoms with Gasteiger partial charge in [-0.15, -0.1) is 0 Å². The fourth-order valence-electron chi connectivity index (χ4n) is 5.35. The highest BCUT2D eigenvalue weighted by molar-refractivity contribution is 5.89. The second-order valence-corrected chi connectivity index (χ2v) is 7.78. The van der Waals surface area contributed by atoms with Gasteiger partial charge < -0.3 is 15.3 Å². The molecule has 0 unspecified atom stereocenters. The third kappa shape index (κ3) is 1.20. The van der Waals surface area contributed by atoms with Gasteiger partial charge in [-0.3, -0.25) is 4.79 Å². The van der Waals surface area contributed by atoms with Crippen LogP contribution in [0.4, 0.5) is 0 Å². The highest BCUT2D eigenvalue weighted by atomic mass is 16.4. The van der Waals surface area contributed by atoms with E-state index < -0.39 is 29.1 Å². The van der Waals surface area contributed by atoms with Crippen molar-refractivity contribution in [2.75, 3.05) is 0 Å². The molecule has 3 saturated carbocycles. The van der Waals surface area contributed by atoms with Crippen molar-refractivity contribution in [3.8, 4) is 0 Å². The Kier molecular flexibility index (Phi) is 2.43. The first-order chi connectivity index (χ1) is 8.58. The van der Waals surface area contributed by atoms with Crippen LogP contribution in [0.1, 0.15) is 40.5 Å². The summed E-state index contributed by atoms with van der Waals surface area (Å²) in [7, 11) is 0. The maximum Gasteiger partial charge on any atom is 0.144 e. The Balaban J connectivity index is 2.14. The summed E-state index contributed by atoms with van der Waals surface area (Å²) in [6.07, 6.45) is -0.848. The lowest BCUT2D eigenvalue weighted by atomic mass is 9.49. The summed E-state index contributed by atoms with van der Waals surface area (Å²) >= 11 is 0. The van der Waals surface area contributed by atoms with Gasteiger partial charge in [0.05, 0.1) is 17.6 Å². The van der Waals surface area contributed by atoms with Gasteiger partial charge in [0.15, 0.2) is 0 Å². The van der Waals surface area contributed by atoms with Gasteiger partial charge in [-0.2, -0.15) is 0 Å². The monoisotopic (exact) mass is 268 g/mol. The van der Waals surface area contributed by atoms with E-state index in [0.29, 0.717) is 0 Å². The summed E-state index contributed by atoms with van der Waals surface area (Å²) < 4.78 is 0. The van der Waals surface area contributed by atoms with Gasteiger partial charge in [0.25, 0.3) is 0 Å². The van der Waals surface area contributed by atoms with Gasteiger partial charge in [-0.05, 0) is 30.6 Å². The molecule has 0 aromatic rings. The molecule has 3 N–H and O–H groups in total. The van der Waals surface area contributed by atoms with Crippen LogP contribution in [0, 0.1) is 28.6 Å². The molecule has 0 bridgehead atoms. The molecule has 0 amide bonds. The Hall–Kier alpha value is -0.450. The molecule has 4 heteroatoms. The lowest BCUT2D eigenvalue weighted by Crippen LogP contribution is -2.65.